The van der Waals surface area contributed by atoms with E-state index < -0.39 is 0 Å². The summed E-state index contributed by atoms with van der Waals surface area (Å²) in [5.74, 6) is 0. The largest absolute Gasteiger partial charge is 0.380 e. The van der Waals surface area contributed by atoms with E-state index in [2.05, 4.69) is 42.7 Å². The predicted molar refractivity (Wildman–Crippen MR) is 72.5 cm³/mol. The van der Waals surface area contributed by atoms with Gasteiger partial charge in [0.25, 0.3) is 0 Å². The van der Waals surface area contributed by atoms with Gasteiger partial charge in [0.2, 0.25) is 0 Å². The SMILES string of the molecule is CCc1cccc2c1NC(C)C(CNC)S2. The van der Waals surface area contributed by atoms with Gasteiger partial charge in [-0.3, -0.25) is 0 Å². The molecule has 0 spiro atoms. The molecule has 0 aromatic heterocycles. The van der Waals surface area contributed by atoms with Crippen molar-refractivity contribution in [3.8, 4) is 0 Å². The normalized spacial score (nSPS) is 23.7. The monoisotopic (exact) mass is 236 g/mol. The Morgan fingerprint density at radius 2 is 2.25 bits per heavy atom. The lowest BCUT2D eigenvalue weighted by Crippen LogP contribution is -2.38. The zero-order valence-electron chi connectivity index (χ0n) is 10.2. The Morgan fingerprint density at radius 1 is 1.44 bits per heavy atom. The topological polar surface area (TPSA) is 24.1 Å². The lowest BCUT2D eigenvalue weighted by atomic mass is 10.1. The quantitative estimate of drug-likeness (QED) is 0.844. The van der Waals surface area contributed by atoms with Crippen LogP contribution >= 0.6 is 11.8 Å². The van der Waals surface area contributed by atoms with Gasteiger partial charge >= 0.3 is 0 Å². The Labute approximate surface area is 102 Å². The number of fused-ring (bicyclic) bond motifs is 1. The third-order valence-corrected chi connectivity index (χ3v) is 4.58. The summed E-state index contributed by atoms with van der Waals surface area (Å²) in [6.45, 7) is 5.53. The van der Waals surface area contributed by atoms with Crippen LogP contribution in [0.15, 0.2) is 23.1 Å². The molecule has 0 aliphatic carbocycles. The minimum absolute atomic E-state index is 0.526. The molecule has 0 amide bonds. The molecule has 16 heavy (non-hydrogen) atoms. The van der Waals surface area contributed by atoms with Crippen molar-refractivity contribution in [2.75, 3.05) is 18.9 Å². The van der Waals surface area contributed by atoms with Gasteiger partial charge in [-0.2, -0.15) is 0 Å². The molecular weight excluding hydrogens is 216 g/mol. The highest BCUT2D eigenvalue weighted by molar-refractivity contribution is 8.00. The smallest absolute Gasteiger partial charge is 0.0513 e. The molecule has 1 aliphatic rings. The van der Waals surface area contributed by atoms with Gasteiger partial charge in [0, 0.05) is 22.7 Å². The highest BCUT2D eigenvalue weighted by Crippen LogP contribution is 2.39. The number of thioether (sulfide) groups is 1. The molecule has 2 rings (SSSR count). The van der Waals surface area contributed by atoms with Crippen molar-refractivity contribution in [1.82, 2.24) is 5.32 Å². The standard InChI is InChI=1S/C13H20N2S/c1-4-10-6-5-7-11-13(10)15-9(2)12(16-11)8-14-3/h5-7,9,12,14-15H,4,8H2,1-3H3. The van der Waals surface area contributed by atoms with Crippen LogP contribution in [-0.4, -0.2) is 24.9 Å². The van der Waals surface area contributed by atoms with E-state index in [1.165, 1.54) is 16.1 Å². The molecule has 2 N–H and O–H groups in total. The molecule has 0 fully saturated rings. The van der Waals surface area contributed by atoms with Crippen LogP contribution in [0.5, 0.6) is 0 Å². The van der Waals surface area contributed by atoms with E-state index in [-0.39, 0.29) is 0 Å². The van der Waals surface area contributed by atoms with E-state index >= 15 is 0 Å². The van der Waals surface area contributed by atoms with E-state index in [0.29, 0.717) is 11.3 Å². The molecule has 0 radical (unpaired) electrons. The number of para-hydroxylation sites is 1. The fourth-order valence-electron chi connectivity index (χ4n) is 2.14. The number of hydrogen-bond donors (Lipinski definition) is 2. The van der Waals surface area contributed by atoms with Crippen molar-refractivity contribution in [2.24, 2.45) is 0 Å². The molecule has 1 aliphatic heterocycles. The molecule has 2 atom stereocenters. The number of hydrogen-bond acceptors (Lipinski definition) is 3. The second kappa shape index (κ2) is 5.11. The molecule has 1 aromatic rings. The average Bonchev–Trinajstić information content (AvgIpc) is 2.30. The number of rotatable bonds is 3. The van der Waals surface area contributed by atoms with Crippen molar-refractivity contribution in [2.45, 2.75) is 36.5 Å². The average molecular weight is 236 g/mol. The Bertz CT molecular complexity index is 365. The Hall–Kier alpha value is -0.670. The first-order chi connectivity index (χ1) is 7.76. The summed E-state index contributed by atoms with van der Waals surface area (Å²) in [5.41, 5.74) is 2.79. The van der Waals surface area contributed by atoms with E-state index in [1.54, 1.807) is 0 Å². The molecule has 0 saturated carbocycles. The van der Waals surface area contributed by atoms with Crippen LogP contribution in [0.4, 0.5) is 5.69 Å². The minimum atomic E-state index is 0.526. The second-order valence-electron chi connectivity index (χ2n) is 4.29. The molecule has 3 heteroatoms. The van der Waals surface area contributed by atoms with Crippen LogP contribution in [0.3, 0.4) is 0 Å². The van der Waals surface area contributed by atoms with Gasteiger partial charge in [-0.1, -0.05) is 19.1 Å². The maximum Gasteiger partial charge on any atom is 0.0513 e. The molecule has 1 aromatic carbocycles. The van der Waals surface area contributed by atoms with Gasteiger partial charge < -0.3 is 10.6 Å². The lowest BCUT2D eigenvalue weighted by molar-refractivity contribution is 0.664. The summed E-state index contributed by atoms with van der Waals surface area (Å²) in [4.78, 5) is 1.40. The molecule has 0 bridgehead atoms. The van der Waals surface area contributed by atoms with Gasteiger partial charge in [-0.05, 0) is 32.0 Å². The summed E-state index contributed by atoms with van der Waals surface area (Å²) in [7, 11) is 2.02. The number of anilines is 1. The van der Waals surface area contributed by atoms with Crippen LogP contribution in [0.1, 0.15) is 19.4 Å². The number of aryl methyl sites for hydroxylation is 1. The predicted octanol–water partition coefficient (Wildman–Crippen LogP) is 2.74. The second-order valence-corrected chi connectivity index (χ2v) is 5.57. The summed E-state index contributed by atoms with van der Waals surface area (Å²) in [6, 6.07) is 7.13. The fraction of sp³-hybridized carbons (Fsp3) is 0.538. The molecule has 88 valence electrons. The van der Waals surface area contributed by atoms with Crippen LogP contribution in [0.2, 0.25) is 0 Å². The van der Waals surface area contributed by atoms with Gasteiger partial charge in [-0.15, -0.1) is 11.8 Å². The van der Waals surface area contributed by atoms with E-state index in [0.717, 1.165) is 13.0 Å². The third-order valence-electron chi connectivity index (χ3n) is 3.11. The summed E-state index contributed by atoms with van der Waals surface area (Å²) < 4.78 is 0. The van der Waals surface area contributed by atoms with Crippen LogP contribution in [0, 0.1) is 0 Å². The van der Waals surface area contributed by atoms with Crippen molar-refractivity contribution in [1.29, 1.82) is 0 Å². The Balaban J connectivity index is 2.27. The van der Waals surface area contributed by atoms with Crippen molar-refractivity contribution >= 4 is 17.4 Å². The first kappa shape index (κ1) is 11.8. The van der Waals surface area contributed by atoms with Crippen molar-refractivity contribution in [3.05, 3.63) is 23.8 Å². The Kier molecular flexibility index (Phi) is 3.77. The molecule has 0 saturated heterocycles. The summed E-state index contributed by atoms with van der Waals surface area (Å²) in [6.07, 6.45) is 1.10. The lowest BCUT2D eigenvalue weighted by Gasteiger charge is -2.33. The van der Waals surface area contributed by atoms with Gasteiger partial charge in [0.15, 0.2) is 0 Å². The van der Waals surface area contributed by atoms with Gasteiger partial charge in [0.05, 0.1) is 5.69 Å². The number of benzene rings is 1. The van der Waals surface area contributed by atoms with E-state index in [4.69, 9.17) is 0 Å². The third kappa shape index (κ3) is 2.20. The summed E-state index contributed by atoms with van der Waals surface area (Å²) >= 11 is 1.99. The van der Waals surface area contributed by atoms with Crippen LogP contribution < -0.4 is 10.6 Å². The fourth-order valence-corrected chi connectivity index (χ4v) is 3.45. The maximum atomic E-state index is 3.65. The van der Waals surface area contributed by atoms with Gasteiger partial charge in [0.1, 0.15) is 0 Å². The van der Waals surface area contributed by atoms with Crippen molar-refractivity contribution in [3.63, 3.8) is 0 Å². The highest BCUT2D eigenvalue weighted by Gasteiger charge is 2.25. The Morgan fingerprint density at radius 3 is 2.94 bits per heavy atom. The van der Waals surface area contributed by atoms with Crippen molar-refractivity contribution < 1.29 is 0 Å². The first-order valence-corrected chi connectivity index (χ1v) is 6.84. The zero-order chi connectivity index (χ0) is 11.5. The van der Waals surface area contributed by atoms with Crippen LogP contribution in [-0.2, 0) is 6.42 Å². The molecular formula is C13H20N2S. The van der Waals surface area contributed by atoms with E-state index in [1.807, 2.05) is 18.8 Å². The van der Waals surface area contributed by atoms with E-state index in [9.17, 15) is 0 Å². The maximum absolute atomic E-state index is 3.65. The summed E-state index contributed by atoms with van der Waals surface area (Å²) in [5, 5.41) is 7.54. The van der Waals surface area contributed by atoms with Gasteiger partial charge in [-0.25, -0.2) is 0 Å². The first-order valence-electron chi connectivity index (χ1n) is 5.96. The molecule has 1 heterocycles. The molecule has 2 unspecified atom stereocenters. The molecule has 2 nitrogen and oxygen atoms in total. The zero-order valence-corrected chi connectivity index (χ0v) is 11.0. The highest BCUT2D eigenvalue weighted by atomic mass is 32.2. The minimum Gasteiger partial charge on any atom is -0.380 e. The number of nitrogens with one attached hydrogen (secondary N) is 2. The van der Waals surface area contributed by atoms with Crippen LogP contribution in [0.25, 0.3) is 0 Å².